The first-order chi connectivity index (χ1) is 12.6. The van der Waals surface area contributed by atoms with Crippen LogP contribution in [0, 0.1) is 13.8 Å². The summed E-state index contributed by atoms with van der Waals surface area (Å²) in [7, 11) is 0. The molecule has 1 amide bonds. The Balaban J connectivity index is 1.65. The molecule has 1 N–H and O–H groups in total. The lowest BCUT2D eigenvalue weighted by atomic mass is 10.2. The Labute approximate surface area is 155 Å². The van der Waals surface area contributed by atoms with Crippen LogP contribution < -0.4 is 10.2 Å². The van der Waals surface area contributed by atoms with Crippen molar-refractivity contribution in [3.05, 3.63) is 41.7 Å². The van der Waals surface area contributed by atoms with Crippen molar-refractivity contribution in [3.8, 4) is 5.69 Å². The smallest absolute Gasteiger partial charge is 0.234 e. The Morgan fingerprint density at radius 1 is 1.12 bits per heavy atom. The van der Waals surface area contributed by atoms with Crippen LogP contribution in [-0.2, 0) is 4.79 Å². The van der Waals surface area contributed by atoms with Gasteiger partial charge < -0.3 is 10.2 Å². The number of hydrogen-bond acceptors (Lipinski definition) is 4. The minimum Gasteiger partial charge on any atom is -0.366 e. The lowest BCUT2D eigenvalue weighted by molar-refractivity contribution is -0.122. The topological polar surface area (TPSA) is 53.4 Å². The Hall–Kier alpha value is -2.34. The molecule has 1 aromatic carbocycles. The van der Waals surface area contributed by atoms with Crippen molar-refractivity contribution >= 4 is 11.6 Å². The monoisotopic (exact) mass is 355 g/mol. The quantitative estimate of drug-likeness (QED) is 0.863. The molecule has 1 aromatic heterocycles. The number of nitrogens with one attached hydrogen (secondary N) is 1. The number of nitrogens with zero attached hydrogens (tertiary/aromatic N) is 4. The largest absolute Gasteiger partial charge is 0.366 e. The Morgan fingerprint density at radius 3 is 2.46 bits per heavy atom. The van der Waals surface area contributed by atoms with Crippen molar-refractivity contribution in [2.45, 2.75) is 27.2 Å². The van der Waals surface area contributed by atoms with Gasteiger partial charge in [-0.15, -0.1) is 0 Å². The molecule has 1 aliphatic heterocycles. The molecule has 2 aromatic rings. The maximum atomic E-state index is 11.9. The summed E-state index contributed by atoms with van der Waals surface area (Å²) in [6, 6.07) is 10.2. The summed E-state index contributed by atoms with van der Waals surface area (Å²) in [6.45, 7) is 11.2. The van der Waals surface area contributed by atoms with Crippen molar-refractivity contribution in [2.24, 2.45) is 0 Å². The summed E-state index contributed by atoms with van der Waals surface area (Å²) >= 11 is 0. The third kappa shape index (κ3) is 4.07. The van der Waals surface area contributed by atoms with E-state index in [-0.39, 0.29) is 5.91 Å². The second kappa shape index (κ2) is 8.36. The molecule has 26 heavy (non-hydrogen) atoms. The van der Waals surface area contributed by atoms with E-state index < -0.39 is 0 Å². The van der Waals surface area contributed by atoms with Crippen LogP contribution in [0.4, 0.5) is 5.69 Å². The molecule has 0 saturated carbocycles. The molecule has 1 aliphatic rings. The number of aryl methyl sites for hydroxylation is 1. The molecule has 2 heterocycles. The summed E-state index contributed by atoms with van der Waals surface area (Å²) in [5.41, 5.74) is 4.54. The minimum absolute atomic E-state index is 0.129. The highest BCUT2D eigenvalue weighted by molar-refractivity contribution is 5.78. The third-order valence-corrected chi connectivity index (χ3v) is 4.88. The predicted molar refractivity (Wildman–Crippen MR) is 105 cm³/mol. The number of piperazine rings is 1. The highest BCUT2D eigenvalue weighted by atomic mass is 16.2. The molecular formula is C20H29N5O. The summed E-state index contributed by atoms with van der Waals surface area (Å²) in [5.74, 6) is 0.129. The number of rotatable bonds is 6. The molecule has 3 rings (SSSR count). The molecule has 140 valence electrons. The molecule has 1 saturated heterocycles. The van der Waals surface area contributed by atoms with Crippen LogP contribution in [0.2, 0.25) is 0 Å². The van der Waals surface area contributed by atoms with Gasteiger partial charge in [0, 0.05) is 32.7 Å². The van der Waals surface area contributed by atoms with Crippen molar-refractivity contribution in [1.29, 1.82) is 0 Å². The standard InChI is InChI=1S/C20H29N5O/c1-4-10-21-19(26)15-23-11-13-24(14-12-23)20-16(2)22-25(17(20)3)18-8-6-5-7-9-18/h5-9H,4,10-15H2,1-3H3,(H,21,26). The zero-order valence-electron chi connectivity index (χ0n) is 16.0. The molecule has 0 spiro atoms. The Kier molecular flexibility index (Phi) is 5.93. The lowest BCUT2D eigenvalue weighted by Crippen LogP contribution is -2.49. The molecule has 0 radical (unpaired) electrons. The minimum atomic E-state index is 0.129. The van der Waals surface area contributed by atoms with E-state index in [0.717, 1.165) is 50.5 Å². The molecule has 6 heteroatoms. The average molecular weight is 355 g/mol. The van der Waals surface area contributed by atoms with Gasteiger partial charge in [0.1, 0.15) is 0 Å². The number of carbonyl (C=O) groups excluding carboxylic acids is 1. The van der Waals surface area contributed by atoms with E-state index in [2.05, 4.69) is 48.0 Å². The molecule has 0 aliphatic carbocycles. The van der Waals surface area contributed by atoms with Gasteiger partial charge >= 0.3 is 0 Å². The van der Waals surface area contributed by atoms with E-state index in [1.165, 1.54) is 11.4 Å². The molecular weight excluding hydrogens is 326 g/mol. The van der Waals surface area contributed by atoms with Gasteiger partial charge in [-0.3, -0.25) is 9.69 Å². The first-order valence-electron chi connectivity index (χ1n) is 9.45. The van der Waals surface area contributed by atoms with Crippen LogP contribution in [-0.4, -0.2) is 59.9 Å². The van der Waals surface area contributed by atoms with Crippen LogP contribution in [0.1, 0.15) is 24.7 Å². The second-order valence-corrected chi connectivity index (χ2v) is 6.88. The van der Waals surface area contributed by atoms with Gasteiger partial charge in [0.15, 0.2) is 0 Å². The van der Waals surface area contributed by atoms with E-state index in [9.17, 15) is 4.79 Å². The van der Waals surface area contributed by atoms with Gasteiger partial charge in [-0.25, -0.2) is 4.68 Å². The van der Waals surface area contributed by atoms with E-state index in [1.807, 2.05) is 22.9 Å². The average Bonchev–Trinajstić information content (AvgIpc) is 2.96. The molecule has 0 atom stereocenters. The van der Waals surface area contributed by atoms with Crippen molar-refractivity contribution in [1.82, 2.24) is 20.0 Å². The van der Waals surface area contributed by atoms with Crippen LogP contribution in [0.5, 0.6) is 0 Å². The zero-order valence-corrected chi connectivity index (χ0v) is 16.0. The lowest BCUT2D eigenvalue weighted by Gasteiger charge is -2.35. The van der Waals surface area contributed by atoms with Crippen LogP contribution >= 0.6 is 0 Å². The summed E-state index contributed by atoms with van der Waals surface area (Å²) < 4.78 is 2.02. The first kappa shape index (κ1) is 18.5. The maximum Gasteiger partial charge on any atom is 0.234 e. The third-order valence-electron chi connectivity index (χ3n) is 4.88. The summed E-state index contributed by atoms with van der Waals surface area (Å²) in [6.07, 6.45) is 0.976. The van der Waals surface area contributed by atoms with Gasteiger partial charge in [0.05, 0.1) is 29.3 Å². The van der Waals surface area contributed by atoms with Crippen LogP contribution in [0.25, 0.3) is 5.69 Å². The van der Waals surface area contributed by atoms with E-state index in [0.29, 0.717) is 6.54 Å². The highest BCUT2D eigenvalue weighted by Gasteiger charge is 2.24. The van der Waals surface area contributed by atoms with Crippen molar-refractivity contribution < 1.29 is 4.79 Å². The molecule has 1 fully saturated rings. The van der Waals surface area contributed by atoms with Crippen LogP contribution in [0.15, 0.2) is 30.3 Å². The fourth-order valence-electron chi connectivity index (χ4n) is 3.57. The van der Waals surface area contributed by atoms with E-state index in [4.69, 9.17) is 5.10 Å². The van der Waals surface area contributed by atoms with Crippen molar-refractivity contribution in [2.75, 3.05) is 44.2 Å². The number of aromatic nitrogens is 2. The van der Waals surface area contributed by atoms with Gasteiger partial charge in [-0.2, -0.15) is 5.10 Å². The van der Waals surface area contributed by atoms with Crippen molar-refractivity contribution in [3.63, 3.8) is 0 Å². The van der Waals surface area contributed by atoms with Gasteiger partial charge in [-0.1, -0.05) is 25.1 Å². The van der Waals surface area contributed by atoms with Gasteiger partial charge in [0.25, 0.3) is 0 Å². The van der Waals surface area contributed by atoms with Gasteiger partial charge in [0.2, 0.25) is 5.91 Å². The number of hydrogen-bond donors (Lipinski definition) is 1. The van der Waals surface area contributed by atoms with E-state index in [1.54, 1.807) is 0 Å². The SMILES string of the molecule is CCCNC(=O)CN1CCN(c2c(C)nn(-c3ccccc3)c2C)CC1. The number of carbonyl (C=O) groups is 1. The predicted octanol–water partition coefficient (Wildman–Crippen LogP) is 2.14. The zero-order chi connectivity index (χ0) is 18.5. The van der Waals surface area contributed by atoms with Gasteiger partial charge in [-0.05, 0) is 32.4 Å². The number of anilines is 1. The Bertz CT molecular complexity index is 732. The summed E-state index contributed by atoms with van der Waals surface area (Å²) in [5, 5.41) is 7.71. The van der Waals surface area contributed by atoms with E-state index >= 15 is 0 Å². The number of amides is 1. The molecule has 0 unspecified atom stereocenters. The van der Waals surface area contributed by atoms with Crippen LogP contribution in [0.3, 0.4) is 0 Å². The Morgan fingerprint density at radius 2 is 1.81 bits per heavy atom. The molecule has 0 bridgehead atoms. The fourth-order valence-corrected chi connectivity index (χ4v) is 3.57. The summed E-state index contributed by atoms with van der Waals surface area (Å²) in [4.78, 5) is 16.5. The normalized spacial score (nSPS) is 15.3. The first-order valence-corrected chi connectivity index (χ1v) is 9.45. The second-order valence-electron chi connectivity index (χ2n) is 6.88. The number of para-hydroxylation sites is 1. The molecule has 6 nitrogen and oxygen atoms in total. The fraction of sp³-hybridized carbons (Fsp3) is 0.500. The number of benzene rings is 1. The highest BCUT2D eigenvalue weighted by Crippen LogP contribution is 2.27. The maximum absolute atomic E-state index is 11.9.